The van der Waals surface area contributed by atoms with Gasteiger partial charge in [0.05, 0.1) is 13.2 Å². The van der Waals surface area contributed by atoms with Gasteiger partial charge in [-0.25, -0.2) is 4.79 Å². The number of nitrogens with one attached hydrogen (secondary N) is 2. The minimum atomic E-state index is -1.07. The zero-order valence-electron chi connectivity index (χ0n) is 20.1. The molecule has 0 saturated carbocycles. The van der Waals surface area contributed by atoms with Crippen LogP contribution in [0.15, 0.2) is 72.9 Å². The van der Waals surface area contributed by atoms with Crippen molar-refractivity contribution < 1.29 is 19.4 Å². The maximum atomic E-state index is 11.7. The van der Waals surface area contributed by atoms with Gasteiger partial charge >= 0.3 is 6.09 Å². The fraction of sp³-hybridized carbons (Fsp3) is 0.481. The van der Waals surface area contributed by atoms with E-state index in [2.05, 4.69) is 84.4 Å². The molecule has 0 rings (SSSR count). The van der Waals surface area contributed by atoms with Gasteiger partial charge in [-0.1, -0.05) is 79.8 Å². The molecule has 0 aromatic carbocycles. The molecule has 0 bridgehead atoms. The van der Waals surface area contributed by atoms with Gasteiger partial charge in [0.2, 0.25) is 5.91 Å². The van der Waals surface area contributed by atoms with Gasteiger partial charge in [0.25, 0.3) is 0 Å². The molecule has 6 nitrogen and oxygen atoms in total. The molecule has 0 aromatic rings. The summed E-state index contributed by atoms with van der Waals surface area (Å²) < 4.78 is 5.20. The Morgan fingerprint density at radius 3 is 1.55 bits per heavy atom. The second kappa shape index (κ2) is 25.4. The predicted molar refractivity (Wildman–Crippen MR) is 137 cm³/mol. The molecule has 0 unspecified atom stereocenters. The number of hydrogen-bond acceptors (Lipinski definition) is 3. The van der Waals surface area contributed by atoms with Crippen LogP contribution in [0, 0.1) is 0 Å². The monoisotopic (exact) mass is 458 g/mol. The van der Waals surface area contributed by atoms with Crippen LogP contribution in [0.2, 0.25) is 0 Å². The molecular weight excluding hydrogens is 416 g/mol. The molecule has 0 saturated heterocycles. The van der Waals surface area contributed by atoms with Gasteiger partial charge in [-0.2, -0.15) is 0 Å². The van der Waals surface area contributed by atoms with Crippen LogP contribution < -0.4 is 10.6 Å². The van der Waals surface area contributed by atoms with E-state index in [9.17, 15) is 9.59 Å². The topological polar surface area (TPSA) is 87.7 Å². The van der Waals surface area contributed by atoms with Crippen molar-refractivity contribution in [2.24, 2.45) is 0 Å². The molecule has 0 aromatic heterocycles. The fourth-order valence-electron chi connectivity index (χ4n) is 2.54. The average molecular weight is 459 g/mol. The number of carbonyl (C=O) groups is 2. The van der Waals surface area contributed by atoms with E-state index in [0.717, 1.165) is 38.5 Å². The first-order valence-electron chi connectivity index (χ1n) is 11.9. The van der Waals surface area contributed by atoms with Crippen LogP contribution in [-0.2, 0) is 9.53 Å². The van der Waals surface area contributed by atoms with E-state index in [-0.39, 0.29) is 12.5 Å². The smallest absolute Gasteiger partial charge is 0.404 e. The number of hydrogen-bond donors (Lipinski definition) is 3. The van der Waals surface area contributed by atoms with E-state index < -0.39 is 6.09 Å². The Morgan fingerprint density at radius 2 is 1.09 bits per heavy atom. The van der Waals surface area contributed by atoms with Crippen molar-refractivity contribution in [3.05, 3.63) is 72.9 Å². The van der Waals surface area contributed by atoms with Crippen LogP contribution in [0.25, 0.3) is 0 Å². The Bertz CT molecular complexity index is 661. The minimum Gasteiger partial charge on any atom is -0.465 e. The Hall–Kier alpha value is -2.86. The third-order valence-electron chi connectivity index (χ3n) is 4.23. The van der Waals surface area contributed by atoms with Crippen LogP contribution in [0.3, 0.4) is 0 Å². The summed E-state index contributed by atoms with van der Waals surface area (Å²) in [5, 5.41) is 13.4. The molecule has 2 amide bonds. The zero-order chi connectivity index (χ0) is 24.2. The normalized spacial score (nSPS) is 12.4. The van der Waals surface area contributed by atoms with Crippen LogP contribution in [0.1, 0.15) is 58.3 Å². The first kappa shape index (κ1) is 30.1. The van der Waals surface area contributed by atoms with Crippen molar-refractivity contribution in [1.29, 1.82) is 0 Å². The van der Waals surface area contributed by atoms with Gasteiger partial charge < -0.3 is 20.5 Å². The van der Waals surface area contributed by atoms with Gasteiger partial charge in [-0.3, -0.25) is 4.79 Å². The quantitative estimate of drug-likeness (QED) is 0.157. The van der Waals surface area contributed by atoms with E-state index in [1.165, 1.54) is 0 Å². The number of amides is 2. The molecular formula is C27H42N2O4. The highest BCUT2D eigenvalue weighted by molar-refractivity contribution is 5.75. The molecule has 184 valence electrons. The van der Waals surface area contributed by atoms with E-state index in [4.69, 9.17) is 9.84 Å². The number of allylic oxidation sites excluding steroid dienone is 12. The Labute approximate surface area is 199 Å². The molecule has 3 N–H and O–H groups in total. The van der Waals surface area contributed by atoms with Crippen molar-refractivity contribution in [3.63, 3.8) is 0 Å². The lowest BCUT2D eigenvalue weighted by atomic mass is 10.2. The molecule has 0 atom stereocenters. The first-order chi connectivity index (χ1) is 16.2. The lowest BCUT2D eigenvalue weighted by molar-refractivity contribution is -0.121. The molecule has 6 heteroatoms. The highest BCUT2D eigenvalue weighted by atomic mass is 16.5. The second-order valence-electron chi connectivity index (χ2n) is 7.15. The summed E-state index contributed by atoms with van der Waals surface area (Å²) in [6.07, 6.45) is 31.9. The van der Waals surface area contributed by atoms with E-state index in [0.29, 0.717) is 32.6 Å². The number of carbonyl (C=O) groups excluding carboxylic acids is 1. The Balaban J connectivity index is 3.53. The predicted octanol–water partition coefficient (Wildman–Crippen LogP) is 5.86. The summed E-state index contributed by atoms with van der Waals surface area (Å²) in [5.74, 6) is -0.0122. The van der Waals surface area contributed by atoms with Crippen molar-refractivity contribution in [2.45, 2.75) is 58.3 Å². The van der Waals surface area contributed by atoms with E-state index in [1.807, 2.05) is 6.08 Å². The molecule has 0 radical (unpaired) electrons. The largest absolute Gasteiger partial charge is 0.465 e. The lowest BCUT2D eigenvalue weighted by Crippen LogP contribution is -2.29. The molecule has 0 aliphatic rings. The maximum Gasteiger partial charge on any atom is 0.404 e. The first-order valence-corrected chi connectivity index (χ1v) is 11.9. The maximum absolute atomic E-state index is 11.7. The third-order valence-corrected chi connectivity index (χ3v) is 4.23. The van der Waals surface area contributed by atoms with Crippen LogP contribution >= 0.6 is 0 Å². The van der Waals surface area contributed by atoms with Crippen molar-refractivity contribution in [3.8, 4) is 0 Å². The molecule has 0 spiro atoms. The second-order valence-corrected chi connectivity index (χ2v) is 7.15. The molecule has 0 aliphatic carbocycles. The third kappa shape index (κ3) is 27.1. The van der Waals surface area contributed by atoms with Crippen LogP contribution in [0.4, 0.5) is 4.79 Å². The molecule has 0 aliphatic heterocycles. The van der Waals surface area contributed by atoms with Crippen molar-refractivity contribution in [1.82, 2.24) is 10.6 Å². The Kier molecular flexibility index (Phi) is 23.2. The van der Waals surface area contributed by atoms with Gasteiger partial charge in [-0.15, -0.1) is 0 Å². The summed E-state index contributed by atoms with van der Waals surface area (Å²) in [4.78, 5) is 21.9. The molecule has 0 fully saturated rings. The van der Waals surface area contributed by atoms with E-state index in [1.54, 1.807) is 0 Å². The lowest BCUT2D eigenvalue weighted by Gasteiger charge is -2.05. The number of carboxylic acid groups (broad SMARTS) is 1. The SMILES string of the molecule is CCC=CCC=CCC=CCC=CCC=CCC=CCCC(=O)NCCOCCNC(=O)O. The van der Waals surface area contributed by atoms with Gasteiger partial charge in [-0.05, 0) is 44.9 Å². The van der Waals surface area contributed by atoms with E-state index >= 15 is 0 Å². The minimum absolute atomic E-state index is 0.0122. The summed E-state index contributed by atoms with van der Waals surface area (Å²) >= 11 is 0. The van der Waals surface area contributed by atoms with Gasteiger partial charge in [0.1, 0.15) is 0 Å². The highest BCUT2D eigenvalue weighted by Gasteiger charge is 1.98. The van der Waals surface area contributed by atoms with Crippen LogP contribution in [-0.4, -0.2) is 43.4 Å². The standard InChI is InChI=1S/C27H42N2O4/c1-2-3-4-5-6-7-8-9-10-11-12-13-14-15-16-17-18-19-20-21-26(30)28-22-24-33-25-23-29-27(31)32/h3-4,6-7,9-10,12-13,15-16,18-19,29H,2,5,8,11,14,17,20-25H2,1H3,(H,28,30)(H,31,32). The number of ether oxygens (including phenoxy) is 1. The molecule has 33 heavy (non-hydrogen) atoms. The van der Waals surface area contributed by atoms with Crippen molar-refractivity contribution >= 4 is 12.0 Å². The van der Waals surface area contributed by atoms with Crippen molar-refractivity contribution in [2.75, 3.05) is 26.3 Å². The molecule has 0 heterocycles. The summed E-state index contributed by atoms with van der Waals surface area (Å²) in [7, 11) is 0. The van der Waals surface area contributed by atoms with Crippen LogP contribution in [0.5, 0.6) is 0 Å². The summed E-state index contributed by atoms with van der Waals surface area (Å²) in [5.41, 5.74) is 0. The fourth-order valence-corrected chi connectivity index (χ4v) is 2.54. The average Bonchev–Trinajstić information content (AvgIpc) is 2.79. The summed E-state index contributed by atoms with van der Waals surface area (Å²) in [6, 6.07) is 0. The summed E-state index contributed by atoms with van der Waals surface area (Å²) in [6.45, 7) is 3.47. The number of rotatable bonds is 20. The zero-order valence-corrected chi connectivity index (χ0v) is 20.1. The van der Waals surface area contributed by atoms with Gasteiger partial charge in [0.15, 0.2) is 0 Å². The van der Waals surface area contributed by atoms with Gasteiger partial charge in [0, 0.05) is 19.5 Å². The Morgan fingerprint density at radius 1 is 0.667 bits per heavy atom. The highest BCUT2D eigenvalue weighted by Crippen LogP contribution is 1.97.